The minimum Gasteiger partial charge on any atom is -0.352 e. The number of rotatable bonds is 15. The Morgan fingerprint density at radius 3 is 2.26 bits per heavy atom. The van der Waals surface area contributed by atoms with Gasteiger partial charge in [0.2, 0.25) is 29.5 Å². The number of nitrogens with two attached hydrogens (primary N) is 1. The Balaban J connectivity index is 2.10. The van der Waals surface area contributed by atoms with Gasteiger partial charge in [0.1, 0.15) is 12.6 Å². The number of imide groups is 1. The van der Waals surface area contributed by atoms with Crippen molar-refractivity contribution in [3.05, 3.63) is 0 Å². The third kappa shape index (κ3) is 9.35. The van der Waals surface area contributed by atoms with Crippen LogP contribution in [0.5, 0.6) is 0 Å². The number of urea groups is 1. The Kier molecular flexibility index (Phi) is 12.6. The van der Waals surface area contributed by atoms with E-state index in [1.54, 1.807) is 20.8 Å². The van der Waals surface area contributed by atoms with E-state index < -0.39 is 77.9 Å². The van der Waals surface area contributed by atoms with Crippen LogP contribution in [0.15, 0.2) is 0 Å². The molecule has 0 aromatic rings. The number of likely N-dealkylation sites (tertiary alicyclic amines) is 2. The van der Waals surface area contributed by atoms with E-state index in [1.807, 2.05) is 0 Å². The first-order valence-electron chi connectivity index (χ1n) is 14.4. The normalized spacial score (nSPS) is 20.7. The van der Waals surface area contributed by atoms with Crippen LogP contribution in [0.25, 0.3) is 0 Å². The summed E-state index contributed by atoms with van der Waals surface area (Å²) < 4.78 is 0. The smallest absolute Gasteiger partial charge is 0.312 e. The molecule has 2 saturated heterocycles. The van der Waals surface area contributed by atoms with Crippen molar-refractivity contribution in [1.82, 2.24) is 25.8 Å². The van der Waals surface area contributed by atoms with Crippen molar-refractivity contribution < 1.29 is 38.4 Å². The Morgan fingerprint density at radius 2 is 1.71 bits per heavy atom. The van der Waals surface area contributed by atoms with E-state index in [1.165, 1.54) is 18.7 Å². The van der Waals surface area contributed by atoms with Gasteiger partial charge in [0, 0.05) is 37.8 Å². The van der Waals surface area contributed by atoms with Crippen molar-refractivity contribution in [3.63, 3.8) is 0 Å². The second-order valence-electron chi connectivity index (χ2n) is 11.5. The highest BCUT2D eigenvalue weighted by Crippen LogP contribution is 2.21. The minimum absolute atomic E-state index is 0.0220. The van der Waals surface area contributed by atoms with Gasteiger partial charge in [-0.2, -0.15) is 0 Å². The fourth-order valence-corrected chi connectivity index (χ4v) is 5.35. The molecule has 0 aromatic heterocycles. The SMILES string of the molecule is CC(=O)C1CCCN1C(=O)C(C)NC(=O)[C@H](CCCNC(N)=O)CC(=O)[C@@H](NC(=O)CN1C(=O)CC(C)C1=O)C(C)C. The highest BCUT2D eigenvalue weighted by molar-refractivity contribution is 6.06. The Labute approximate surface area is 245 Å². The molecule has 7 amide bonds. The summed E-state index contributed by atoms with van der Waals surface area (Å²) in [6.45, 7) is 8.04. The molecule has 2 rings (SSSR count). The maximum absolute atomic E-state index is 13.4. The van der Waals surface area contributed by atoms with Crippen LogP contribution in [0.2, 0.25) is 0 Å². The summed E-state index contributed by atoms with van der Waals surface area (Å²) in [6, 6.07) is -3.21. The topological polar surface area (TPSA) is 205 Å². The van der Waals surface area contributed by atoms with Gasteiger partial charge in [-0.3, -0.25) is 38.5 Å². The van der Waals surface area contributed by atoms with E-state index in [-0.39, 0.29) is 37.5 Å². The molecule has 5 N–H and O–H groups in total. The molecular formula is C28H44N6O8. The predicted molar refractivity (Wildman–Crippen MR) is 150 cm³/mol. The number of ketones is 2. The first-order valence-corrected chi connectivity index (χ1v) is 14.4. The molecule has 2 heterocycles. The third-order valence-electron chi connectivity index (χ3n) is 7.68. The van der Waals surface area contributed by atoms with Gasteiger partial charge >= 0.3 is 6.03 Å². The zero-order valence-electron chi connectivity index (χ0n) is 25.1. The number of hydrogen-bond acceptors (Lipinski definition) is 8. The second kappa shape index (κ2) is 15.4. The predicted octanol–water partition coefficient (Wildman–Crippen LogP) is -0.369. The summed E-state index contributed by atoms with van der Waals surface area (Å²) in [6.07, 6.45) is 1.48. The van der Waals surface area contributed by atoms with E-state index >= 15 is 0 Å². The van der Waals surface area contributed by atoms with Crippen molar-refractivity contribution >= 4 is 47.1 Å². The maximum atomic E-state index is 13.4. The molecule has 14 nitrogen and oxygen atoms in total. The van der Waals surface area contributed by atoms with Gasteiger partial charge in [-0.05, 0) is 45.4 Å². The number of carbonyl (C=O) groups excluding carboxylic acids is 8. The van der Waals surface area contributed by atoms with E-state index in [0.717, 1.165) is 4.90 Å². The molecule has 0 aromatic carbocycles. The van der Waals surface area contributed by atoms with Gasteiger partial charge in [-0.1, -0.05) is 20.8 Å². The molecule has 2 aliphatic rings. The second-order valence-corrected chi connectivity index (χ2v) is 11.5. The number of amides is 7. The van der Waals surface area contributed by atoms with Gasteiger partial charge in [0.05, 0.1) is 12.1 Å². The monoisotopic (exact) mass is 592 g/mol. The molecule has 3 unspecified atom stereocenters. The standard InChI is InChI=1S/C28H44N6O8/c1-15(2)24(32-22(37)14-34-23(38)12-16(3)26(34)40)21(36)13-19(8-6-10-30-28(29)42)25(39)31-17(4)27(41)33-11-7-9-20(33)18(5)35/h15-17,19-20,24H,6-14H2,1-5H3,(H,31,39)(H,32,37)(H3,29,30,42)/t16?,17?,19-,20?,24+/m1/s1. The van der Waals surface area contributed by atoms with E-state index in [2.05, 4.69) is 16.0 Å². The number of Topliss-reactive ketones (excluding diaryl/α,β-unsaturated/α-hetero) is 2. The molecular weight excluding hydrogens is 548 g/mol. The first-order chi connectivity index (χ1) is 19.6. The Bertz CT molecular complexity index is 1090. The lowest BCUT2D eigenvalue weighted by molar-refractivity contribution is -0.143. The highest BCUT2D eigenvalue weighted by Gasteiger charge is 2.38. The van der Waals surface area contributed by atoms with Crippen molar-refractivity contribution in [2.24, 2.45) is 23.5 Å². The van der Waals surface area contributed by atoms with Crippen LogP contribution >= 0.6 is 0 Å². The quantitative estimate of drug-likeness (QED) is 0.145. The Morgan fingerprint density at radius 1 is 1.05 bits per heavy atom. The highest BCUT2D eigenvalue weighted by atomic mass is 16.2. The number of nitrogens with zero attached hydrogens (tertiary/aromatic N) is 2. The lowest BCUT2D eigenvalue weighted by Crippen LogP contribution is -2.52. The van der Waals surface area contributed by atoms with Crippen molar-refractivity contribution in [2.45, 2.75) is 91.3 Å². The van der Waals surface area contributed by atoms with Gasteiger partial charge in [0.15, 0.2) is 11.6 Å². The van der Waals surface area contributed by atoms with Crippen LogP contribution in [-0.4, -0.2) is 94.7 Å². The van der Waals surface area contributed by atoms with Crippen molar-refractivity contribution in [1.29, 1.82) is 0 Å². The van der Waals surface area contributed by atoms with Crippen molar-refractivity contribution in [3.8, 4) is 0 Å². The average molecular weight is 593 g/mol. The van der Waals surface area contributed by atoms with Gasteiger partial charge in [-0.15, -0.1) is 0 Å². The fraction of sp³-hybridized carbons (Fsp3) is 0.714. The largest absolute Gasteiger partial charge is 0.352 e. The molecule has 14 heteroatoms. The zero-order chi connectivity index (χ0) is 31.7. The zero-order valence-corrected chi connectivity index (χ0v) is 25.1. The molecule has 42 heavy (non-hydrogen) atoms. The van der Waals surface area contributed by atoms with Gasteiger partial charge in [-0.25, -0.2) is 4.79 Å². The van der Waals surface area contributed by atoms with Crippen LogP contribution in [0.1, 0.15) is 73.1 Å². The van der Waals surface area contributed by atoms with Crippen LogP contribution in [0.4, 0.5) is 4.79 Å². The number of primary amides is 1. The number of nitrogens with one attached hydrogen (secondary N) is 3. The van der Waals surface area contributed by atoms with Crippen LogP contribution < -0.4 is 21.7 Å². The van der Waals surface area contributed by atoms with Crippen molar-refractivity contribution in [2.75, 3.05) is 19.6 Å². The number of hydrogen-bond donors (Lipinski definition) is 4. The lowest BCUT2D eigenvalue weighted by atomic mass is 9.89. The summed E-state index contributed by atoms with van der Waals surface area (Å²) >= 11 is 0. The maximum Gasteiger partial charge on any atom is 0.312 e. The first kappa shape index (κ1) is 34.4. The molecule has 2 fully saturated rings. The number of carbonyl (C=O) groups is 8. The third-order valence-corrected chi connectivity index (χ3v) is 7.68. The summed E-state index contributed by atoms with van der Waals surface area (Å²) in [5.41, 5.74) is 5.11. The molecule has 5 atom stereocenters. The summed E-state index contributed by atoms with van der Waals surface area (Å²) in [7, 11) is 0. The van der Waals surface area contributed by atoms with E-state index in [4.69, 9.17) is 5.73 Å². The molecule has 234 valence electrons. The fourth-order valence-electron chi connectivity index (χ4n) is 5.35. The average Bonchev–Trinajstić information content (AvgIpc) is 3.49. The molecule has 0 bridgehead atoms. The minimum atomic E-state index is -0.998. The molecule has 0 radical (unpaired) electrons. The van der Waals surface area contributed by atoms with Crippen LogP contribution in [-0.2, 0) is 33.6 Å². The summed E-state index contributed by atoms with van der Waals surface area (Å²) in [5.74, 6) is -4.87. The van der Waals surface area contributed by atoms with Crippen LogP contribution in [0.3, 0.4) is 0 Å². The summed E-state index contributed by atoms with van der Waals surface area (Å²) in [4.78, 5) is 102. The van der Waals surface area contributed by atoms with Gasteiger partial charge in [0.25, 0.3) is 0 Å². The molecule has 2 aliphatic heterocycles. The molecule has 0 saturated carbocycles. The summed E-state index contributed by atoms with van der Waals surface area (Å²) in [5, 5.41) is 7.70. The van der Waals surface area contributed by atoms with Gasteiger partial charge < -0.3 is 26.6 Å². The van der Waals surface area contributed by atoms with E-state index in [9.17, 15) is 38.4 Å². The lowest BCUT2D eigenvalue weighted by Gasteiger charge is -2.28. The van der Waals surface area contributed by atoms with E-state index in [0.29, 0.717) is 25.8 Å². The molecule has 0 spiro atoms. The van der Waals surface area contributed by atoms with Crippen LogP contribution in [0, 0.1) is 17.8 Å². The molecule has 0 aliphatic carbocycles. The Hall–Kier alpha value is -3.84.